The summed E-state index contributed by atoms with van der Waals surface area (Å²) in [5.74, 6) is -0.411. The minimum atomic E-state index is -4.42. The molecule has 2 rings (SSSR count). The molecule has 7 heteroatoms. The number of carbonyl (C=O) groups excluding carboxylic acids is 1. The van der Waals surface area contributed by atoms with Crippen molar-refractivity contribution in [2.75, 3.05) is 39.9 Å². The number of hydrogen-bond acceptors (Lipinski definition) is 3. The second kappa shape index (κ2) is 7.11. The Kier molecular flexibility index (Phi) is 5.42. The first-order valence-corrected chi connectivity index (χ1v) is 7.04. The molecule has 1 atom stereocenters. The van der Waals surface area contributed by atoms with Crippen LogP contribution in [0.4, 0.5) is 13.2 Å². The number of piperazine rings is 1. The molecule has 1 aromatic rings. The van der Waals surface area contributed by atoms with E-state index in [1.165, 1.54) is 0 Å². The van der Waals surface area contributed by atoms with Gasteiger partial charge in [-0.1, -0.05) is 30.3 Å². The third-order valence-corrected chi connectivity index (χ3v) is 3.58. The number of benzene rings is 1. The molecule has 1 unspecified atom stereocenters. The summed E-state index contributed by atoms with van der Waals surface area (Å²) < 4.78 is 40.7. The molecule has 0 spiro atoms. The lowest BCUT2D eigenvalue weighted by atomic mass is 10.0. The van der Waals surface area contributed by atoms with Crippen LogP contribution in [0.3, 0.4) is 0 Å². The normalized spacial score (nSPS) is 20.2. The largest absolute Gasteiger partial charge is 0.411 e. The van der Waals surface area contributed by atoms with E-state index >= 15 is 0 Å². The van der Waals surface area contributed by atoms with Crippen molar-refractivity contribution >= 4 is 5.91 Å². The molecule has 1 amide bonds. The Bertz CT molecular complexity index is 493. The Morgan fingerprint density at radius 1 is 1.27 bits per heavy atom. The summed E-state index contributed by atoms with van der Waals surface area (Å²) in [6, 6.07) is 9.32. The van der Waals surface area contributed by atoms with E-state index in [-0.39, 0.29) is 6.04 Å². The van der Waals surface area contributed by atoms with Crippen molar-refractivity contribution in [2.45, 2.75) is 12.2 Å². The fraction of sp³-hybridized carbons (Fsp3) is 0.533. The average molecular weight is 316 g/mol. The molecule has 1 saturated heterocycles. The molecule has 1 heterocycles. The maximum absolute atomic E-state index is 12.2. The molecular formula is C15H19F3N2O2. The van der Waals surface area contributed by atoms with Crippen molar-refractivity contribution in [3.63, 3.8) is 0 Å². The highest BCUT2D eigenvalue weighted by Crippen LogP contribution is 2.25. The van der Waals surface area contributed by atoms with Gasteiger partial charge < -0.3 is 14.5 Å². The van der Waals surface area contributed by atoms with Gasteiger partial charge >= 0.3 is 6.18 Å². The van der Waals surface area contributed by atoms with E-state index in [1.807, 2.05) is 37.4 Å². The molecular weight excluding hydrogens is 297 g/mol. The number of amides is 1. The molecule has 0 aromatic heterocycles. The van der Waals surface area contributed by atoms with Crippen LogP contribution in [0.2, 0.25) is 0 Å². The van der Waals surface area contributed by atoms with Gasteiger partial charge in [-0.3, -0.25) is 4.79 Å². The summed E-state index contributed by atoms with van der Waals surface area (Å²) in [5.41, 5.74) is 0.971. The van der Waals surface area contributed by atoms with Gasteiger partial charge in [0.15, 0.2) is 0 Å². The standard InChI is InChI=1S/C15H19F3N2O2/c1-19-7-8-20(14(21)10-22-11-15(16,17)18)13(9-19)12-5-3-2-4-6-12/h2-6,13H,7-11H2,1H3. The van der Waals surface area contributed by atoms with Crippen LogP contribution in [0.25, 0.3) is 0 Å². The summed E-state index contributed by atoms with van der Waals surface area (Å²) in [6.45, 7) is -0.136. The third kappa shape index (κ3) is 4.71. The van der Waals surface area contributed by atoms with Gasteiger partial charge in [0, 0.05) is 19.6 Å². The van der Waals surface area contributed by atoms with Gasteiger partial charge in [-0.2, -0.15) is 13.2 Å². The van der Waals surface area contributed by atoms with Gasteiger partial charge in [-0.25, -0.2) is 0 Å². The monoisotopic (exact) mass is 316 g/mol. The SMILES string of the molecule is CN1CCN(C(=O)COCC(F)(F)F)C(c2ccccc2)C1. The lowest BCUT2D eigenvalue weighted by Crippen LogP contribution is -2.50. The van der Waals surface area contributed by atoms with Gasteiger partial charge in [0.1, 0.15) is 13.2 Å². The summed E-state index contributed by atoms with van der Waals surface area (Å²) in [7, 11) is 1.96. The predicted octanol–water partition coefficient (Wildman–Crippen LogP) is 2.08. The maximum Gasteiger partial charge on any atom is 0.411 e. The molecule has 0 radical (unpaired) electrons. The Labute approximate surface area is 127 Å². The first-order valence-electron chi connectivity index (χ1n) is 7.04. The van der Waals surface area contributed by atoms with Gasteiger partial charge in [0.05, 0.1) is 6.04 Å². The fourth-order valence-corrected chi connectivity index (χ4v) is 2.52. The van der Waals surface area contributed by atoms with Gasteiger partial charge in [0.2, 0.25) is 5.91 Å². The molecule has 1 fully saturated rings. The molecule has 22 heavy (non-hydrogen) atoms. The van der Waals surface area contributed by atoms with E-state index in [0.717, 1.165) is 5.56 Å². The lowest BCUT2D eigenvalue weighted by molar-refractivity contribution is -0.178. The number of ether oxygens (including phenoxy) is 1. The minimum absolute atomic E-state index is 0.165. The smallest absolute Gasteiger partial charge is 0.362 e. The molecule has 0 N–H and O–H groups in total. The van der Waals surface area contributed by atoms with Crippen LogP contribution in [0.1, 0.15) is 11.6 Å². The zero-order valence-electron chi connectivity index (χ0n) is 12.3. The summed E-state index contributed by atoms with van der Waals surface area (Å²) in [5, 5.41) is 0. The number of likely N-dealkylation sites (N-methyl/N-ethyl adjacent to an activating group) is 1. The van der Waals surface area contributed by atoms with Gasteiger partial charge in [-0.05, 0) is 12.6 Å². The predicted molar refractivity (Wildman–Crippen MR) is 75.3 cm³/mol. The summed E-state index contributed by atoms with van der Waals surface area (Å²) >= 11 is 0. The number of carbonyl (C=O) groups is 1. The highest BCUT2D eigenvalue weighted by atomic mass is 19.4. The zero-order chi connectivity index (χ0) is 16.2. The van der Waals surface area contributed by atoms with Crippen molar-refractivity contribution in [1.82, 2.24) is 9.80 Å². The zero-order valence-corrected chi connectivity index (χ0v) is 12.3. The minimum Gasteiger partial charge on any atom is -0.362 e. The Morgan fingerprint density at radius 3 is 2.59 bits per heavy atom. The maximum atomic E-state index is 12.2. The first kappa shape index (κ1) is 16.8. The summed E-state index contributed by atoms with van der Waals surface area (Å²) in [4.78, 5) is 15.9. The lowest BCUT2D eigenvalue weighted by Gasteiger charge is -2.40. The molecule has 0 aliphatic carbocycles. The van der Waals surface area contributed by atoms with E-state index in [4.69, 9.17) is 0 Å². The highest BCUT2D eigenvalue weighted by Gasteiger charge is 2.32. The molecule has 4 nitrogen and oxygen atoms in total. The quantitative estimate of drug-likeness (QED) is 0.853. The van der Waals surface area contributed by atoms with E-state index in [9.17, 15) is 18.0 Å². The van der Waals surface area contributed by atoms with Crippen molar-refractivity contribution < 1.29 is 22.7 Å². The number of rotatable bonds is 4. The van der Waals surface area contributed by atoms with Crippen LogP contribution >= 0.6 is 0 Å². The highest BCUT2D eigenvalue weighted by molar-refractivity contribution is 5.78. The molecule has 1 aliphatic heterocycles. The van der Waals surface area contributed by atoms with Crippen molar-refractivity contribution in [1.29, 1.82) is 0 Å². The molecule has 1 aromatic carbocycles. The Morgan fingerprint density at radius 2 is 1.95 bits per heavy atom. The van der Waals surface area contributed by atoms with E-state index in [2.05, 4.69) is 9.64 Å². The molecule has 1 aliphatic rings. The van der Waals surface area contributed by atoms with Crippen molar-refractivity contribution in [3.8, 4) is 0 Å². The Balaban J connectivity index is 2.01. The van der Waals surface area contributed by atoms with Crippen LogP contribution in [0.15, 0.2) is 30.3 Å². The van der Waals surface area contributed by atoms with Crippen LogP contribution in [-0.2, 0) is 9.53 Å². The van der Waals surface area contributed by atoms with Crippen molar-refractivity contribution in [3.05, 3.63) is 35.9 Å². The average Bonchev–Trinajstić information content (AvgIpc) is 2.46. The second-order valence-electron chi connectivity index (χ2n) is 5.38. The van der Waals surface area contributed by atoms with Crippen LogP contribution < -0.4 is 0 Å². The van der Waals surface area contributed by atoms with Gasteiger partial charge in [0.25, 0.3) is 0 Å². The number of halogens is 3. The van der Waals surface area contributed by atoms with Crippen LogP contribution in [0.5, 0.6) is 0 Å². The molecule has 122 valence electrons. The second-order valence-corrected chi connectivity index (χ2v) is 5.38. The number of alkyl halides is 3. The fourth-order valence-electron chi connectivity index (χ4n) is 2.52. The molecule has 0 saturated carbocycles. The first-order chi connectivity index (χ1) is 10.4. The third-order valence-electron chi connectivity index (χ3n) is 3.58. The summed E-state index contributed by atoms with van der Waals surface area (Å²) in [6.07, 6.45) is -4.42. The van der Waals surface area contributed by atoms with E-state index in [0.29, 0.717) is 19.6 Å². The van der Waals surface area contributed by atoms with E-state index < -0.39 is 25.3 Å². The topological polar surface area (TPSA) is 32.8 Å². The Hall–Kier alpha value is -1.60. The number of hydrogen-bond donors (Lipinski definition) is 0. The number of nitrogens with zero attached hydrogens (tertiary/aromatic N) is 2. The van der Waals surface area contributed by atoms with Crippen molar-refractivity contribution in [2.24, 2.45) is 0 Å². The van der Waals surface area contributed by atoms with Crippen LogP contribution in [-0.4, -0.2) is 61.8 Å². The van der Waals surface area contributed by atoms with Gasteiger partial charge in [-0.15, -0.1) is 0 Å². The van der Waals surface area contributed by atoms with Crippen LogP contribution in [0, 0.1) is 0 Å². The molecule has 0 bridgehead atoms. The van der Waals surface area contributed by atoms with E-state index in [1.54, 1.807) is 4.90 Å².